The van der Waals surface area contributed by atoms with E-state index in [1.165, 1.54) is 23.2 Å². The Balaban J connectivity index is 2.06. The SMILES string of the molecule is CC1Cc2cc(CCN(C)C)ccc2N1. The van der Waals surface area contributed by atoms with Crippen LogP contribution in [-0.4, -0.2) is 31.6 Å². The van der Waals surface area contributed by atoms with Gasteiger partial charge in [-0.3, -0.25) is 0 Å². The van der Waals surface area contributed by atoms with Crippen LogP contribution in [0, 0.1) is 0 Å². The number of nitrogens with zero attached hydrogens (tertiary/aromatic N) is 1. The van der Waals surface area contributed by atoms with E-state index in [9.17, 15) is 0 Å². The molecule has 2 nitrogen and oxygen atoms in total. The largest absolute Gasteiger partial charge is 0.382 e. The Kier molecular flexibility index (Phi) is 2.96. The Morgan fingerprint density at radius 3 is 2.93 bits per heavy atom. The Labute approximate surface area is 92.3 Å². The normalized spacial score (nSPS) is 19.1. The molecule has 0 saturated heterocycles. The summed E-state index contributed by atoms with van der Waals surface area (Å²) in [6.45, 7) is 3.36. The second-order valence-corrected chi connectivity index (χ2v) is 4.79. The van der Waals surface area contributed by atoms with E-state index >= 15 is 0 Å². The average Bonchev–Trinajstić information content (AvgIpc) is 2.53. The molecule has 0 radical (unpaired) electrons. The van der Waals surface area contributed by atoms with Crippen LogP contribution in [-0.2, 0) is 12.8 Å². The first-order valence-electron chi connectivity index (χ1n) is 5.68. The van der Waals surface area contributed by atoms with Crippen LogP contribution in [0.5, 0.6) is 0 Å². The lowest BCUT2D eigenvalue weighted by atomic mass is 10.0. The lowest BCUT2D eigenvalue weighted by Crippen LogP contribution is -2.15. The fourth-order valence-corrected chi connectivity index (χ4v) is 2.11. The number of hydrogen-bond acceptors (Lipinski definition) is 2. The summed E-state index contributed by atoms with van der Waals surface area (Å²) >= 11 is 0. The van der Waals surface area contributed by atoms with Crippen molar-refractivity contribution in [2.75, 3.05) is 26.0 Å². The van der Waals surface area contributed by atoms with Crippen molar-refractivity contribution in [3.8, 4) is 0 Å². The maximum Gasteiger partial charge on any atom is 0.0375 e. The van der Waals surface area contributed by atoms with Gasteiger partial charge in [-0.1, -0.05) is 12.1 Å². The molecule has 82 valence electrons. The lowest BCUT2D eigenvalue weighted by molar-refractivity contribution is 0.413. The molecule has 1 unspecified atom stereocenters. The standard InChI is InChI=1S/C13H20N2/c1-10-8-12-9-11(6-7-15(2)3)4-5-13(12)14-10/h4-5,9-10,14H,6-8H2,1-3H3. The van der Waals surface area contributed by atoms with Gasteiger partial charge in [-0.05, 0) is 51.1 Å². The molecule has 0 spiro atoms. The number of hydrogen-bond donors (Lipinski definition) is 1. The quantitative estimate of drug-likeness (QED) is 0.811. The molecule has 1 N–H and O–H groups in total. The zero-order valence-corrected chi connectivity index (χ0v) is 9.88. The predicted molar refractivity (Wildman–Crippen MR) is 65.5 cm³/mol. The minimum absolute atomic E-state index is 0.601. The Bertz CT molecular complexity index is 344. The molecule has 0 bridgehead atoms. The van der Waals surface area contributed by atoms with Crippen LogP contribution in [0.3, 0.4) is 0 Å². The molecular weight excluding hydrogens is 184 g/mol. The lowest BCUT2D eigenvalue weighted by Gasteiger charge is -2.10. The summed E-state index contributed by atoms with van der Waals surface area (Å²) in [5.74, 6) is 0. The van der Waals surface area contributed by atoms with E-state index in [4.69, 9.17) is 0 Å². The van der Waals surface area contributed by atoms with E-state index in [2.05, 4.69) is 49.4 Å². The molecule has 0 aliphatic carbocycles. The first kappa shape index (κ1) is 10.5. The number of fused-ring (bicyclic) bond motifs is 1. The van der Waals surface area contributed by atoms with Crippen LogP contribution in [0.15, 0.2) is 18.2 Å². The van der Waals surface area contributed by atoms with Gasteiger partial charge in [0.1, 0.15) is 0 Å². The zero-order valence-electron chi connectivity index (χ0n) is 9.88. The molecular formula is C13H20N2. The number of anilines is 1. The first-order chi connectivity index (χ1) is 7.15. The third-order valence-electron chi connectivity index (χ3n) is 2.95. The topological polar surface area (TPSA) is 15.3 Å². The van der Waals surface area contributed by atoms with Gasteiger partial charge in [0.2, 0.25) is 0 Å². The fraction of sp³-hybridized carbons (Fsp3) is 0.538. The van der Waals surface area contributed by atoms with Crippen molar-refractivity contribution < 1.29 is 0 Å². The Morgan fingerprint density at radius 2 is 2.20 bits per heavy atom. The summed E-state index contributed by atoms with van der Waals surface area (Å²) < 4.78 is 0. The molecule has 15 heavy (non-hydrogen) atoms. The predicted octanol–water partition coefficient (Wildman–Crippen LogP) is 2.15. The second kappa shape index (κ2) is 4.23. The van der Waals surface area contributed by atoms with Crippen LogP contribution >= 0.6 is 0 Å². The maximum atomic E-state index is 3.48. The zero-order chi connectivity index (χ0) is 10.8. The molecule has 0 saturated carbocycles. The molecule has 2 heteroatoms. The molecule has 1 aromatic rings. The summed E-state index contributed by atoms with van der Waals surface area (Å²) in [5.41, 5.74) is 4.27. The van der Waals surface area contributed by atoms with Crippen molar-refractivity contribution in [2.24, 2.45) is 0 Å². The highest BCUT2D eigenvalue weighted by Gasteiger charge is 2.16. The van der Waals surface area contributed by atoms with E-state index < -0.39 is 0 Å². The number of likely N-dealkylation sites (N-methyl/N-ethyl adjacent to an activating group) is 1. The minimum Gasteiger partial charge on any atom is -0.382 e. The van der Waals surface area contributed by atoms with Crippen LogP contribution in [0.1, 0.15) is 18.1 Å². The molecule has 1 aromatic carbocycles. The molecule has 1 aliphatic rings. The van der Waals surface area contributed by atoms with Crippen molar-refractivity contribution in [2.45, 2.75) is 25.8 Å². The highest BCUT2D eigenvalue weighted by Crippen LogP contribution is 2.26. The van der Waals surface area contributed by atoms with Crippen molar-refractivity contribution in [1.29, 1.82) is 0 Å². The van der Waals surface area contributed by atoms with Gasteiger partial charge in [-0.2, -0.15) is 0 Å². The van der Waals surface area contributed by atoms with Crippen molar-refractivity contribution in [1.82, 2.24) is 4.90 Å². The molecule has 1 aliphatic heterocycles. The van der Waals surface area contributed by atoms with Gasteiger partial charge < -0.3 is 10.2 Å². The van der Waals surface area contributed by atoms with E-state index in [-0.39, 0.29) is 0 Å². The van der Waals surface area contributed by atoms with Gasteiger partial charge in [-0.15, -0.1) is 0 Å². The van der Waals surface area contributed by atoms with E-state index in [1.54, 1.807) is 0 Å². The Morgan fingerprint density at radius 1 is 1.40 bits per heavy atom. The molecule has 1 heterocycles. The Hall–Kier alpha value is -1.02. The summed E-state index contributed by atoms with van der Waals surface area (Å²) in [6, 6.07) is 7.43. The van der Waals surface area contributed by atoms with Crippen LogP contribution in [0.25, 0.3) is 0 Å². The average molecular weight is 204 g/mol. The van der Waals surface area contributed by atoms with Crippen LogP contribution in [0.4, 0.5) is 5.69 Å². The van der Waals surface area contributed by atoms with Crippen molar-refractivity contribution >= 4 is 5.69 Å². The van der Waals surface area contributed by atoms with Crippen molar-refractivity contribution in [3.63, 3.8) is 0 Å². The second-order valence-electron chi connectivity index (χ2n) is 4.79. The van der Waals surface area contributed by atoms with Gasteiger partial charge in [0.25, 0.3) is 0 Å². The molecule has 0 aromatic heterocycles. The molecule has 1 atom stereocenters. The van der Waals surface area contributed by atoms with Gasteiger partial charge in [-0.25, -0.2) is 0 Å². The molecule has 2 rings (SSSR count). The number of nitrogens with one attached hydrogen (secondary N) is 1. The van der Waals surface area contributed by atoms with Crippen molar-refractivity contribution in [3.05, 3.63) is 29.3 Å². The summed E-state index contributed by atoms with van der Waals surface area (Å²) in [4.78, 5) is 2.23. The number of benzene rings is 1. The van der Waals surface area contributed by atoms with E-state index in [1.807, 2.05) is 0 Å². The van der Waals surface area contributed by atoms with Crippen LogP contribution < -0.4 is 5.32 Å². The smallest absolute Gasteiger partial charge is 0.0375 e. The van der Waals surface area contributed by atoms with E-state index in [0.29, 0.717) is 6.04 Å². The van der Waals surface area contributed by atoms with Gasteiger partial charge >= 0.3 is 0 Å². The van der Waals surface area contributed by atoms with Gasteiger partial charge in [0, 0.05) is 18.3 Å². The highest BCUT2D eigenvalue weighted by molar-refractivity contribution is 5.57. The first-order valence-corrected chi connectivity index (χ1v) is 5.68. The maximum absolute atomic E-state index is 3.48. The summed E-state index contributed by atoms with van der Waals surface area (Å²) in [5, 5.41) is 3.48. The molecule has 0 amide bonds. The minimum atomic E-state index is 0.601. The summed E-state index contributed by atoms with van der Waals surface area (Å²) in [7, 11) is 4.24. The third kappa shape index (κ3) is 2.51. The van der Waals surface area contributed by atoms with Gasteiger partial charge in [0.15, 0.2) is 0 Å². The third-order valence-corrected chi connectivity index (χ3v) is 2.95. The monoisotopic (exact) mass is 204 g/mol. The van der Waals surface area contributed by atoms with E-state index in [0.717, 1.165) is 13.0 Å². The summed E-state index contributed by atoms with van der Waals surface area (Å²) in [6.07, 6.45) is 2.32. The highest BCUT2D eigenvalue weighted by atomic mass is 15.0. The molecule has 0 fully saturated rings. The number of rotatable bonds is 3. The van der Waals surface area contributed by atoms with Gasteiger partial charge in [0.05, 0.1) is 0 Å². The fourth-order valence-electron chi connectivity index (χ4n) is 2.11. The van der Waals surface area contributed by atoms with Crippen LogP contribution in [0.2, 0.25) is 0 Å².